The molecule has 1 heterocycles. The van der Waals surface area contributed by atoms with E-state index in [2.05, 4.69) is 5.32 Å². The highest BCUT2D eigenvalue weighted by Crippen LogP contribution is 2.58. The van der Waals surface area contributed by atoms with Gasteiger partial charge in [-0.1, -0.05) is 48.5 Å². The van der Waals surface area contributed by atoms with Crippen molar-refractivity contribution in [1.82, 2.24) is 5.32 Å². The third-order valence-electron chi connectivity index (χ3n) is 7.98. The average Bonchev–Trinajstić information content (AvgIpc) is 2.87. The maximum absolute atomic E-state index is 13.0. The summed E-state index contributed by atoms with van der Waals surface area (Å²) in [6.07, 6.45) is -3.22. The van der Waals surface area contributed by atoms with Crippen molar-refractivity contribution in [3.63, 3.8) is 0 Å². The van der Waals surface area contributed by atoms with E-state index < -0.39 is 30.3 Å². The number of carboxylic acids is 1. The van der Waals surface area contributed by atoms with Gasteiger partial charge in [0.2, 0.25) is 0 Å². The van der Waals surface area contributed by atoms with Gasteiger partial charge in [-0.3, -0.25) is 0 Å². The number of methoxy groups -OCH3 is 1. The zero-order valence-electron chi connectivity index (χ0n) is 23.2. The largest absolute Gasteiger partial charge is 0.478 e. The molecule has 0 amide bonds. The topological polar surface area (TPSA) is 58.6 Å². The number of aromatic carboxylic acids is 1. The minimum atomic E-state index is -4.43. The summed E-state index contributed by atoms with van der Waals surface area (Å²) >= 11 is 0. The van der Waals surface area contributed by atoms with Gasteiger partial charge in [0.05, 0.1) is 20.8 Å². The van der Waals surface area contributed by atoms with E-state index in [4.69, 9.17) is 8.85 Å². The number of ether oxygens (including phenoxy) is 1. The zero-order valence-corrected chi connectivity index (χ0v) is 20.2. The second kappa shape index (κ2) is 8.68. The van der Waals surface area contributed by atoms with Crippen LogP contribution in [0.25, 0.3) is 33.0 Å². The molecule has 0 aromatic heterocycles. The first-order chi connectivity index (χ1) is 19.3. The van der Waals surface area contributed by atoms with Crippen molar-refractivity contribution in [2.75, 3.05) is 20.1 Å². The smallest absolute Gasteiger partial charge is 0.416 e. The molecule has 2 N–H and O–H groups in total. The first-order valence-corrected chi connectivity index (χ1v) is 12.3. The van der Waals surface area contributed by atoms with Crippen LogP contribution in [0.15, 0.2) is 78.9 Å². The second-order valence-corrected chi connectivity index (χ2v) is 10.5. The third kappa shape index (κ3) is 4.06. The van der Waals surface area contributed by atoms with Gasteiger partial charge in [0, 0.05) is 25.5 Å². The molecule has 194 valence electrons. The van der Waals surface area contributed by atoms with Crippen molar-refractivity contribution >= 4 is 16.7 Å². The number of carboxylic acid groups (broad SMARTS) is 1. The lowest BCUT2D eigenvalue weighted by Crippen LogP contribution is -2.65. The minimum absolute atomic E-state index is 0.0563. The standard InChI is InChI=1S/C31H26F3NO3/c1-38-30(15-29(16-30)17-35-18-29)24-7-4-20(5-8-24)27-14-23(28(36)37)13-22-12-21(6-11-26(22)27)19-2-9-25(10-3-19)31(32,33)34/h2-14,35H,15-18H2,1H3,(H,36,37)/i1D3. The number of alkyl halides is 3. The lowest BCUT2D eigenvalue weighted by molar-refractivity contribution is -0.176. The van der Waals surface area contributed by atoms with Crippen molar-refractivity contribution in [1.29, 1.82) is 0 Å². The molecule has 0 bridgehead atoms. The van der Waals surface area contributed by atoms with Crippen molar-refractivity contribution in [2.24, 2.45) is 5.41 Å². The van der Waals surface area contributed by atoms with Gasteiger partial charge in [0.25, 0.3) is 0 Å². The Morgan fingerprint density at radius 3 is 2.16 bits per heavy atom. The zero-order chi connectivity index (χ0) is 29.2. The quantitative estimate of drug-likeness (QED) is 0.294. The summed E-state index contributed by atoms with van der Waals surface area (Å²) < 4.78 is 67.8. The summed E-state index contributed by atoms with van der Waals surface area (Å²) in [5.41, 5.74) is 1.88. The Morgan fingerprint density at radius 1 is 0.921 bits per heavy atom. The van der Waals surface area contributed by atoms with Gasteiger partial charge >= 0.3 is 12.1 Å². The van der Waals surface area contributed by atoms with E-state index in [-0.39, 0.29) is 11.0 Å². The van der Waals surface area contributed by atoms with E-state index in [1.807, 2.05) is 30.3 Å². The maximum atomic E-state index is 13.0. The Labute approximate surface area is 222 Å². The van der Waals surface area contributed by atoms with E-state index in [1.54, 1.807) is 24.3 Å². The summed E-state index contributed by atoms with van der Waals surface area (Å²) in [5, 5.41) is 14.5. The molecule has 0 atom stereocenters. The lowest BCUT2D eigenvalue weighted by atomic mass is 9.54. The van der Waals surface area contributed by atoms with Gasteiger partial charge in [-0.2, -0.15) is 13.2 Å². The van der Waals surface area contributed by atoms with Crippen LogP contribution in [-0.4, -0.2) is 31.2 Å². The van der Waals surface area contributed by atoms with Crippen molar-refractivity contribution in [3.8, 4) is 22.3 Å². The molecular formula is C31H26F3NO3. The molecule has 0 radical (unpaired) electrons. The Kier molecular flexibility index (Phi) is 4.86. The lowest BCUT2D eigenvalue weighted by Gasteiger charge is -2.60. The highest BCUT2D eigenvalue weighted by molar-refractivity contribution is 6.04. The van der Waals surface area contributed by atoms with E-state index >= 15 is 0 Å². The first-order valence-electron chi connectivity index (χ1n) is 13.8. The van der Waals surface area contributed by atoms with Gasteiger partial charge in [0.1, 0.15) is 0 Å². The SMILES string of the molecule is [2H]C([2H])([2H])OC1(c2ccc(-c3cc(C(=O)O)cc4cc(-c5ccc(C(F)(F)F)cc5)ccc34)cc2)CC2(CNC2)C1. The van der Waals surface area contributed by atoms with Crippen LogP contribution < -0.4 is 5.32 Å². The molecule has 6 rings (SSSR count). The van der Waals surface area contributed by atoms with Gasteiger partial charge in [-0.25, -0.2) is 4.79 Å². The second-order valence-electron chi connectivity index (χ2n) is 10.5. The highest BCUT2D eigenvalue weighted by atomic mass is 19.4. The Bertz CT molecular complexity index is 1640. The van der Waals surface area contributed by atoms with E-state index in [0.717, 1.165) is 41.7 Å². The van der Waals surface area contributed by atoms with Crippen LogP contribution >= 0.6 is 0 Å². The van der Waals surface area contributed by atoms with Crippen LogP contribution in [0.1, 0.15) is 38.4 Å². The number of rotatable bonds is 5. The molecule has 4 nitrogen and oxygen atoms in total. The molecule has 1 aliphatic carbocycles. The summed E-state index contributed by atoms with van der Waals surface area (Å²) in [7, 11) is -2.55. The molecule has 0 unspecified atom stereocenters. The molecule has 4 aromatic rings. The molecule has 1 spiro atoms. The summed E-state index contributed by atoms with van der Waals surface area (Å²) in [6, 6.07) is 20.7. The number of nitrogens with one attached hydrogen (secondary N) is 1. The number of hydrogen-bond donors (Lipinski definition) is 2. The highest BCUT2D eigenvalue weighted by Gasteiger charge is 2.58. The van der Waals surface area contributed by atoms with Crippen LogP contribution in [0.4, 0.5) is 13.2 Å². The first kappa shape index (κ1) is 21.3. The van der Waals surface area contributed by atoms with Gasteiger partial charge in [-0.15, -0.1) is 0 Å². The predicted octanol–water partition coefficient (Wildman–Crippen LogP) is 7.12. The minimum Gasteiger partial charge on any atom is -0.478 e. The Morgan fingerprint density at radius 2 is 1.58 bits per heavy atom. The molecular weight excluding hydrogens is 491 g/mol. The molecule has 1 saturated carbocycles. The number of fused-ring (bicyclic) bond motifs is 1. The normalized spacial score (nSPS) is 19.2. The van der Waals surface area contributed by atoms with Crippen LogP contribution in [0.5, 0.6) is 0 Å². The van der Waals surface area contributed by atoms with Crippen LogP contribution in [0.2, 0.25) is 0 Å². The van der Waals surface area contributed by atoms with Gasteiger partial charge < -0.3 is 15.2 Å². The molecule has 7 heteroatoms. The molecule has 1 saturated heterocycles. The number of hydrogen-bond acceptors (Lipinski definition) is 3. The number of halogens is 3. The summed E-state index contributed by atoms with van der Waals surface area (Å²) in [4.78, 5) is 12.0. The Hall–Kier alpha value is -3.68. The predicted molar refractivity (Wildman–Crippen MR) is 140 cm³/mol. The number of benzene rings is 4. The molecule has 2 aliphatic rings. The monoisotopic (exact) mass is 520 g/mol. The van der Waals surface area contributed by atoms with E-state index in [9.17, 15) is 23.1 Å². The van der Waals surface area contributed by atoms with Crippen molar-refractivity contribution < 1.29 is 31.9 Å². The van der Waals surface area contributed by atoms with Gasteiger partial charge in [0.15, 0.2) is 0 Å². The fraction of sp³-hybridized carbons (Fsp3) is 0.258. The third-order valence-corrected chi connectivity index (χ3v) is 7.98. The number of carbonyl (C=O) groups is 1. The average molecular weight is 521 g/mol. The van der Waals surface area contributed by atoms with Crippen LogP contribution in [0.3, 0.4) is 0 Å². The van der Waals surface area contributed by atoms with Crippen molar-refractivity contribution in [3.05, 3.63) is 95.6 Å². The molecule has 2 fully saturated rings. The fourth-order valence-electron chi connectivity index (χ4n) is 5.94. The van der Waals surface area contributed by atoms with Crippen molar-refractivity contribution in [2.45, 2.75) is 24.6 Å². The maximum Gasteiger partial charge on any atom is 0.416 e. The molecule has 38 heavy (non-hydrogen) atoms. The molecule has 1 aliphatic heterocycles. The summed E-state index contributed by atoms with van der Waals surface area (Å²) in [5.74, 6) is -1.11. The fourth-order valence-corrected chi connectivity index (χ4v) is 5.94. The van der Waals surface area contributed by atoms with E-state index in [0.29, 0.717) is 34.9 Å². The van der Waals surface area contributed by atoms with Crippen LogP contribution in [0, 0.1) is 5.41 Å². The van der Waals surface area contributed by atoms with E-state index in [1.165, 1.54) is 12.1 Å². The van der Waals surface area contributed by atoms with Crippen LogP contribution in [-0.2, 0) is 16.5 Å². The summed E-state index contributed by atoms with van der Waals surface area (Å²) in [6.45, 7) is 1.67. The molecule has 4 aromatic carbocycles. The Balaban J connectivity index is 1.37. The van der Waals surface area contributed by atoms with Gasteiger partial charge in [-0.05, 0) is 81.8 Å².